The van der Waals surface area contributed by atoms with E-state index < -0.39 is 17.4 Å². The minimum Gasteiger partial charge on any atom is -0.483 e. The Morgan fingerprint density at radius 3 is 2.50 bits per heavy atom. The third kappa shape index (κ3) is 3.20. The van der Waals surface area contributed by atoms with Gasteiger partial charge in [0.2, 0.25) is 0 Å². The van der Waals surface area contributed by atoms with E-state index in [0.29, 0.717) is 22.3 Å². The molecule has 0 aliphatic carbocycles. The number of carbonyl (C=O) groups excluding carboxylic acids is 1. The van der Waals surface area contributed by atoms with Crippen LogP contribution in [0.4, 0.5) is 0 Å². The molecule has 0 bridgehead atoms. The number of carbonyl (C=O) groups is 1. The lowest BCUT2D eigenvalue weighted by Crippen LogP contribution is -2.20. The van der Waals surface area contributed by atoms with Gasteiger partial charge < -0.3 is 13.6 Å². The zero-order chi connectivity index (χ0) is 19.8. The highest BCUT2D eigenvalue weighted by Gasteiger charge is 2.15. The van der Waals surface area contributed by atoms with Crippen molar-refractivity contribution < 1.29 is 18.4 Å². The molecule has 6 nitrogen and oxygen atoms in total. The average Bonchev–Trinajstić information content (AvgIpc) is 2.66. The first kappa shape index (κ1) is 17.7. The first-order chi connectivity index (χ1) is 13.4. The minimum absolute atomic E-state index is 0.121. The number of Topliss-reactive ketones (excluding diaryl/α,β-unsaturated/α-hetero) is 1. The van der Waals surface area contributed by atoms with Gasteiger partial charge in [0.15, 0.2) is 11.9 Å². The maximum atomic E-state index is 12.5. The Hall–Kier alpha value is -3.67. The van der Waals surface area contributed by atoms with Crippen molar-refractivity contribution in [1.82, 2.24) is 0 Å². The van der Waals surface area contributed by atoms with E-state index in [-0.39, 0.29) is 16.9 Å². The molecule has 0 radical (unpaired) electrons. The first-order valence-corrected chi connectivity index (χ1v) is 8.70. The molecule has 0 saturated carbocycles. The normalized spacial score (nSPS) is 12.2. The smallest absolute Gasteiger partial charge is 0.344 e. The van der Waals surface area contributed by atoms with Gasteiger partial charge in [-0.1, -0.05) is 18.2 Å². The number of ketones is 1. The minimum atomic E-state index is -0.625. The molecule has 0 aliphatic rings. The maximum Gasteiger partial charge on any atom is 0.344 e. The Balaban J connectivity index is 1.90. The summed E-state index contributed by atoms with van der Waals surface area (Å²) in [7, 11) is 0. The zero-order valence-electron chi connectivity index (χ0n) is 15.2. The number of benzene rings is 2. The number of rotatable bonds is 4. The van der Waals surface area contributed by atoms with Crippen LogP contribution in [0.3, 0.4) is 0 Å². The largest absolute Gasteiger partial charge is 0.483 e. The lowest BCUT2D eigenvalue weighted by Gasteiger charge is -2.12. The molecule has 0 saturated heterocycles. The molecule has 1 atom stereocenters. The van der Waals surface area contributed by atoms with Gasteiger partial charge in [-0.05, 0) is 38.1 Å². The van der Waals surface area contributed by atoms with Gasteiger partial charge in [0.25, 0.3) is 0 Å². The fraction of sp³-hybridized carbons (Fsp3) is 0.136. The fourth-order valence-corrected chi connectivity index (χ4v) is 2.98. The summed E-state index contributed by atoms with van der Waals surface area (Å²) in [4.78, 5) is 36.0. The topological polar surface area (TPSA) is 86.7 Å². The van der Waals surface area contributed by atoms with E-state index in [1.165, 1.54) is 19.1 Å². The summed E-state index contributed by atoms with van der Waals surface area (Å²) in [6, 6.07) is 15.0. The molecule has 0 unspecified atom stereocenters. The van der Waals surface area contributed by atoms with E-state index in [2.05, 4.69) is 0 Å². The Kier molecular flexibility index (Phi) is 4.31. The van der Waals surface area contributed by atoms with E-state index in [4.69, 9.17) is 13.6 Å². The van der Waals surface area contributed by atoms with Gasteiger partial charge in [0, 0.05) is 28.5 Å². The van der Waals surface area contributed by atoms with Crippen LogP contribution in [0.15, 0.2) is 73.0 Å². The molecule has 6 heteroatoms. The number of hydrogen-bond donors (Lipinski definition) is 0. The van der Waals surface area contributed by atoms with Crippen LogP contribution < -0.4 is 16.0 Å². The van der Waals surface area contributed by atoms with Crippen molar-refractivity contribution in [1.29, 1.82) is 0 Å². The lowest BCUT2D eigenvalue weighted by molar-refractivity contribution is -0.122. The summed E-state index contributed by atoms with van der Waals surface area (Å²) in [5.74, 6) is 0.269. The molecule has 2 aromatic carbocycles. The molecular weight excluding hydrogens is 360 g/mol. The van der Waals surface area contributed by atoms with Gasteiger partial charge in [-0.3, -0.25) is 4.79 Å². The van der Waals surface area contributed by atoms with Crippen LogP contribution >= 0.6 is 0 Å². The van der Waals surface area contributed by atoms with Gasteiger partial charge >= 0.3 is 11.3 Å². The molecule has 0 fully saturated rings. The summed E-state index contributed by atoms with van der Waals surface area (Å²) in [5, 5.41) is 1.30. The van der Waals surface area contributed by atoms with Crippen LogP contribution in [0.2, 0.25) is 0 Å². The van der Waals surface area contributed by atoms with Gasteiger partial charge in [-0.15, -0.1) is 0 Å². The van der Waals surface area contributed by atoms with Crippen molar-refractivity contribution >= 4 is 27.7 Å². The van der Waals surface area contributed by atoms with E-state index in [9.17, 15) is 14.4 Å². The molecule has 4 aromatic rings. The van der Waals surface area contributed by atoms with Crippen LogP contribution in [0, 0.1) is 0 Å². The summed E-state index contributed by atoms with van der Waals surface area (Å²) in [5.41, 5.74) is 0.253. The van der Waals surface area contributed by atoms with E-state index in [1.54, 1.807) is 37.3 Å². The maximum absolute atomic E-state index is 12.5. The van der Waals surface area contributed by atoms with Crippen molar-refractivity contribution in [3.8, 4) is 16.9 Å². The predicted molar refractivity (Wildman–Crippen MR) is 105 cm³/mol. The second kappa shape index (κ2) is 6.81. The third-order valence-electron chi connectivity index (χ3n) is 4.53. The lowest BCUT2D eigenvalue weighted by atomic mass is 10.0. The molecule has 4 rings (SSSR count). The van der Waals surface area contributed by atoms with Crippen molar-refractivity contribution in [2.75, 3.05) is 0 Å². The fourth-order valence-electron chi connectivity index (χ4n) is 2.98. The summed E-state index contributed by atoms with van der Waals surface area (Å²) in [6.07, 6.45) is -0.625. The van der Waals surface area contributed by atoms with Crippen molar-refractivity contribution in [2.24, 2.45) is 0 Å². The molecule has 0 N–H and O–H groups in total. The molecule has 0 amide bonds. The zero-order valence-corrected chi connectivity index (χ0v) is 15.2. The summed E-state index contributed by atoms with van der Waals surface area (Å²) < 4.78 is 16.2. The quantitative estimate of drug-likeness (QED) is 0.502. The van der Waals surface area contributed by atoms with E-state index >= 15 is 0 Å². The Morgan fingerprint density at radius 2 is 1.71 bits per heavy atom. The van der Waals surface area contributed by atoms with Crippen molar-refractivity contribution in [3.63, 3.8) is 0 Å². The second-order valence-electron chi connectivity index (χ2n) is 6.49. The standard InChI is InChI=1S/C22H16O6/c1-12(23)13(2)26-15-7-8-16-17(11-21(24)27-20(16)10-15)18-9-14-5-3-4-6-19(14)28-22(18)25/h3-11,13H,1-2H3/t13-/m0/s1. The van der Waals surface area contributed by atoms with Crippen molar-refractivity contribution in [3.05, 3.63) is 75.4 Å². The molecule has 0 aliphatic heterocycles. The predicted octanol–water partition coefficient (Wildman–Crippen LogP) is 3.92. The highest BCUT2D eigenvalue weighted by Crippen LogP contribution is 2.30. The van der Waals surface area contributed by atoms with Gasteiger partial charge in [-0.2, -0.15) is 0 Å². The molecular formula is C22H16O6. The molecule has 2 heterocycles. The molecule has 28 heavy (non-hydrogen) atoms. The molecule has 2 aromatic heterocycles. The van der Waals surface area contributed by atoms with Crippen molar-refractivity contribution in [2.45, 2.75) is 20.0 Å². The number of para-hydroxylation sites is 1. The van der Waals surface area contributed by atoms with Gasteiger partial charge in [0.1, 0.15) is 16.9 Å². The van der Waals surface area contributed by atoms with Gasteiger partial charge in [0.05, 0.1) is 5.56 Å². The third-order valence-corrected chi connectivity index (χ3v) is 4.53. The Bertz CT molecular complexity index is 1330. The van der Waals surface area contributed by atoms with Crippen LogP contribution in [-0.4, -0.2) is 11.9 Å². The SMILES string of the molecule is CC(=O)[C@H](C)Oc1ccc2c(-c3cc4ccccc4oc3=O)cc(=O)oc2c1. The summed E-state index contributed by atoms with van der Waals surface area (Å²) >= 11 is 0. The Labute approximate surface area is 159 Å². The average molecular weight is 376 g/mol. The van der Waals surface area contributed by atoms with Crippen LogP contribution in [-0.2, 0) is 4.79 Å². The second-order valence-corrected chi connectivity index (χ2v) is 6.49. The summed E-state index contributed by atoms with van der Waals surface area (Å²) in [6.45, 7) is 3.07. The molecule has 140 valence electrons. The highest BCUT2D eigenvalue weighted by atomic mass is 16.5. The van der Waals surface area contributed by atoms with E-state index in [1.807, 2.05) is 12.1 Å². The first-order valence-electron chi connectivity index (χ1n) is 8.70. The van der Waals surface area contributed by atoms with Crippen LogP contribution in [0.1, 0.15) is 13.8 Å². The monoisotopic (exact) mass is 376 g/mol. The number of ether oxygens (including phenoxy) is 1. The molecule has 0 spiro atoms. The number of hydrogen-bond acceptors (Lipinski definition) is 6. The van der Waals surface area contributed by atoms with Crippen LogP contribution in [0.25, 0.3) is 33.1 Å². The van der Waals surface area contributed by atoms with E-state index in [0.717, 1.165) is 5.39 Å². The van der Waals surface area contributed by atoms with Crippen LogP contribution in [0.5, 0.6) is 5.75 Å². The highest BCUT2D eigenvalue weighted by molar-refractivity contribution is 5.95. The Morgan fingerprint density at radius 1 is 0.929 bits per heavy atom. The number of fused-ring (bicyclic) bond motifs is 2. The van der Waals surface area contributed by atoms with Gasteiger partial charge in [-0.25, -0.2) is 9.59 Å².